The van der Waals surface area contributed by atoms with Gasteiger partial charge in [0.05, 0.1) is 11.4 Å². The SMILES string of the molecule is O=C1Nc2ccccc2NC1c1ccc(Cl)cc1. The zero-order chi connectivity index (χ0) is 12.5. The molecule has 0 fully saturated rings. The molecule has 1 aliphatic rings. The van der Waals surface area contributed by atoms with Crippen molar-refractivity contribution in [1.82, 2.24) is 0 Å². The lowest BCUT2D eigenvalue weighted by Crippen LogP contribution is -2.31. The molecule has 2 N–H and O–H groups in total. The van der Waals surface area contributed by atoms with Crippen molar-refractivity contribution in [3.05, 3.63) is 59.1 Å². The van der Waals surface area contributed by atoms with E-state index in [9.17, 15) is 4.79 Å². The van der Waals surface area contributed by atoms with Gasteiger partial charge in [0.2, 0.25) is 0 Å². The Morgan fingerprint density at radius 2 is 1.61 bits per heavy atom. The van der Waals surface area contributed by atoms with Gasteiger partial charge in [-0.25, -0.2) is 0 Å². The lowest BCUT2D eigenvalue weighted by atomic mass is 10.0. The molecule has 1 atom stereocenters. The number of carbonyl (C=O) groups excluding carboxylic acids is 1. The normalized spacial score (nSPS) is 17.6. The van der Waals surface area contributed by atoms with E-state index in [4.69, 9.17) is 11.6 Å². The second-order valence-corrected chi connectivity index (χ2v) is 4.60. The predicted molar refractivity (Wildman–Crippen MR) is 72.9 cm³/mol. The van der Waals surface area contributed by atoms with Crippen LogP contribution in [0.25, 0.3) is 0 Å². The Labute approximate surface area is 110 Å². The Kier molecular flexibility index (Phi) is 2.68. The number of fused-ring (bicyclic) bond motifs is 1. The van der Waals surface area contributed by atoms with Crippen LogP contribution in [-0.4, -0.2) is 5.91 Å². The summed E-state index contributed by atoms with van der Waals surface area (Å²) in [4.78, 5) is 12.0. The van der Waals surface area contributed by atoms with Crippen LogP contribution in [0.2, 0.25) is 5.02 Å². The topological polar surface area (TPSA) is 41.1 Å². The molecular weight excluding hydrogens is 248 g/mol. The number of rotatable bonds is 1. The summed E-state index contributed by atoms with van der Waals surface area (Å²) >= 11 is 5.85. The minimum Gasteiger partial charge on any atom is -0.368 e. The molecule has 1 aliphatic heterocycles. The first-order valence-corrected chi connectivity index (χ1v) is 6.04. The lowest BCUT2D eigenvalue weighted by Gasteiger charge is -2.27. The quantitative estimate of drug-likeness (QED) is 0.823. The standard InChI is InChI=1S/C14H11ClN2O/c15-10-7-5-9(6-8-10)13-14(18)17-12-4-2-1-3-11(12)16-13/h1-8,13,16H,(H,17,18). The van der Waals surface area contributed by atoms with Gasteiger partial charge in [0.25, 0.3) is 5.91 Å². The Hall–Kier alpha value is -2.00. The molecule has 4 heteroatoms. The summed E-state index contributed by atoms with van der Waals surface area (Å²) in [6.07, 6.45) is 0. The molecule has 0 saturated carbocycles. The van der Waals surface area contributed by atoms with Crippen molar-refractivity contribution in [3.8, 4) is 0 Å². The van der Waals surface area contributed by atoms with E-state index in [2.05, 4.69) is 10.6 Å². The van der Waals surface area contributed by atoms with Gasteiger partial charge in [-0.05, 0) is 29.8 Å². The molecule has 1 amide bonds. The van der Waals surface area contributed by atoms with Crippen molar-refractivity contribution in [2.45, 2.75) is 6.04 Å². The molecule has 2 aromatic rings. The van der Waals surface area contributed by atoms with Crippen molar-refractivity contribution >= 4 is 28.9 Å². The molecule has 1 unspecified atom stereocenters. The number of nitrogens with one attached hydrogen (secondary N) is 2. The van der Waals surface area contributed by atoms with Crippen molar-refractivity contribution in [2.75, 3.05) is 10.6 Å². The third-order valence-electron chi connectivity index (χ3n) is 2.95. The van der Waals surface area contributed by atoms with Crippen LogP contribution in [0.1, 0.15) is 11.6 Å². The van der Waals surface area contributed by atoms with Gasteiger partial charge in [-0.2, -0.15) is 0 Å². The van der Waals surface area contributed by atoms with Gasteiger partial charge in [-0.1, -0.05) is 35.9 Å². The van der Waals surface area contributed by atoms with Gasteiger partial charge in [-0.15, -0.1) is 0 Å². The predicted octanol–water partition coefficient (Wildman–Crippen LogP) is 3.45. The van der Waals surface area contributed by atoms with E-state index in [0.29, 0.717) is 5.02 Å². The van der Waals surface area contributed by atoms with Crippen LogP contribution in [0.3, 0.4) is 0 Å². The molecule has 0 aliphatic carbocycles. The fraction of sp³-hybridized carbons (Fsp3) is 0.0714. The molecule has 0 aromatic heterocycles. The van der Waals surface area contributed by atoms with E-state index in [-0.39, 0.29) is 11.9 Å². The summed E-state index contributed by atoms with van der Waals surface area (Å²) in [5, 5.41) is 6.78. The van der Waals surface area contributed by atoms with Gasteiger partial charge in [0.1, 0.15) is 6.04 Å². The summed E-state index contributed by atoms with van der Waals surface area (Å²) in [6.45, 7) is 0. The highest BCUT2D eigenvalue weighted by Gasteiger charge is 2.26. The van der Waals surface area contributed by atoms with Gasteiger partial charge < -0.3 is 10.6 Å². The van der Waals surface area contributed by atoms with Gasteiger partial charge in [0.15, 0.2) is 0 Å². The summed E-state index contributed by atoms with van der Waals surface area (Å²) in [6, 6.07) is 14.5. The Morgan fingerprint density at radius 1 is 0.944 bits per heavy atom. The molecule has 0 spiro atoms. The van der Waals surface area contributed by atoms with Crippen LogP contribution < -0.4 is 10.6 Å². The van der Waals surface area contributed by atoms with Gasteiger partial charge in [-0.3, -0.25) is 4.79 Å². The average Bonchev–Trinajstić information content (AvgIpc) is 2.39. The zero-order valence-electron chi connectivity index (χ0n) is 9.48. The third-order valence-corrected chi connectivity index (χ3v) is 3.20. The van der Waals surface area contributed by atoms with E-state index in [1.165, 1.54) is 0 Å². The number of anilines is 2. The van der Waals surface area contributed by atoms with Crippen LogP contribution in [-0.2, 0) is 4.79 Å². The van der Waals surface area contributed by atoms with E-state index >= 15 is 0 Å². The third kappa shape index (κ3) is 1.93. The first-order valence-electron chi connectivity index (χ1n) is 5.66. The van der Waals surface area contributed by atoms with Gasteiger partial charge in [0, 0.05) is 5.02 Å². The van der Waals surface area contributed by atoms with Crippen LogP contribution in [0, 0.1) is 0 Å². The maximum absolute atomic E-state index is 12.0. The maximum Gasteiger partial charge on any atom is 0.251 e. The number of hydrogen-bond donors (Lipinski definition) is 2. The zero-order valence-corrected chi connectivity index (χ0v) is 10.2. The minimum atomic E-state index is -0.378. The fourth-order valence-electron chi connectivity index (χ4n) is 2.03. The second kappa shape index (κ2) is 4.35. The monoisotopic (exact) mass is 258 g/mol. The average molecular weight is 259 g/mol. The van der Waals surface area contributed by atoms with Gasteiger partial charge >= 0.3 is 0 Å². The maximum atomic E-state index is 12.0. The highest BCUT2D eigenvalue weighted by Crippen LogP contribution is 2.32. The number of carbonyl (C=O) groups is 1. The van der Waals surface area contributed by atoms with Crippen molar-refractivity contribution < 1.29 is 4.79 Å². The molecular formula is C14H11ClN2O. The second-order valence-electron chi connectivity index (χ2n) is 4.16. The molecule has 1 heterocycles. The van der Waals surface area contributed by atoms with Crippen LogP contribution in [0.15, 0.2) is 48.5 Å². The van der Waals surface area contributed by atoms with Crippen molar-refractivity contribution in [3.63, 3.8) is 0 Å². The number of benzene rings is 2. The summed E-state index contributed by atoms with van der Waals surface area (Å²) in [5.41, 5.74) is 2.64. The molecule has 2 aromatic carbocycles. The molecule has 0 saturated heterocycles. The molecule has 0 radical (unpaired) electrons. The highest BCUT2D eigenvalue weighted by atomic mass is 35.5. The first-order chi connectivity index (χ1) is 8.74. The Balaban J connectivity index is 1.95. The Bertz CT molecular complexity index is 595. The van der Waals surface area contributed by atoms with E-state index in [1.54, 1.807) is 12.1 Å². The first kappa shape index (κ1) is 11.1. The van der Waals surface area contributed by atoms with Crippen LogP contribution >= 0.6 is 11.6 Å². The Morgan fingerprint density at radius 3 is 2.33 bits per heavy atom. The fourth-order valence-corrected chi connectivity index (χ4v) is 2.16. The molecule has 18 heavy (non-hydrogen) atoms. The number of halogens is 1. The van der Waals surface area contributed by atoms with Crippen LogP contribution in [0.4, 0.5) is 11.4 Å². The smallest absolute Gasteiger partial charge is 0.251 e. The highest BCUT2D eigenvalue weighted by molar-refractivity contribution is 6.30. The number of hydrogen-bond acceptors (Lipinski definition) is 2. The molecule has 3 nitrogen and oxygen atoms in total. The van der Waals surface area contributed by atoms with Crippen molar-refractivity contribution in [2.24, 2.45) is 0 Å². The number of para-hydroxylation sites is 2. The summed E-state index contributed by atoms with van der Waals surface area (Å²) in [7, 11) is 0. The lowest BCUT2D eigenvalue weighted by molar-refractivity contribution is -0.117. The molecule has 3 rings (SSSR count). The summed E-state index contributed by atoms with van der Waals surface area (Å²) < 4.78 is 0. The van der Waals surface area contributed by atoms with E-state index < -0.39 is 0 Å². The molecule has 90 valence electrons. The summed E-state index contributed by atoms with van der Waals surface area (Å²) in [5.74, 6) is -0.0592. The number of amides is 1. The van der Waals surface area contributed by atoms with Crippen molar-refractivity contribution in [1.29, 1.82) is 0 Å². The molecule has 0 bridgehead atoms. The van der Waals surface area contributed by atoms with Crippen LogP contribution in [0.5, 0.6) is 0 Å². The van der Waals surface area contributed by atoms with E-state index in [1.807, 2.05) is 36.4 Å². The largest absolute Gasteiger partial charge is 0.368 e. The van der Waals surface area contributed by atoms with E-state index in [0.717, 1.165) is 16.9 Å². The minimum absolute atomic E-state index is 0.0592.